The maximum absolute atomic E-state index is 12.4. The second-order valence-electron chi connectivity index (χ2n) is 5.29. The molecular formula is C14H23N3O. The van der Waals surface area contributed by atoms with Crippen molar-refractivity contribution in [2.45, 2.75) is 45.6 Å². The minimum absolute atomic E-state index is 0.185. The van der Waals surface area contributed by atoms with Crippen LogP contribution < -0.4 is 5.73 Å². The maximum Gasteiger partial charge on any atom is 0.185 e. The number of hydrogen-bond acceptors (Lipinski definition) is 3. The van der Waals surface area contributed by atoms with Gasteiger partial charge in [0.05, 0.1) is 6.33 Å². The zero-order chi connectivity index (χ0) is 13.0. The highest BCUT2D eigenvalue weighted by Gasteiger charge is 2.28. The van der Waals surface area contributed by atoms with E-state index in [9.17, 15) is 4.79 Å². The molecule has 0 radical (unpaired) electrons. The van der Waals surface area contributed by atoms with Gasteiger partial charge in [0.25, 0.3) is 0 Å². The smallest absolute Gasteiger partial charge is 0.185 e. The largest absolute Gasteiger partial charge is 0.335 e. The molecule has 0 bridgehead atoms. The fraction of sp³-hybridized carbons (Fsp3) is 0.714. The lowest BCUT2D eigenvalue weighted by Crippen LogP contribution is -2.23. The Morgan fingerprint density at radius 3 is 3.11 bits per heavy atom. The summed E-state index contributed by atoms with van der Waals surface area (Å²) < 4.78 is 1.90. The number of nitrogens with two attached hydrogens (primary N) is 1. The van der Waals surface area contributed by atoms with Gasteiger partial charge in [-0.3, -0.25) is 4.79 Å². The van der Waals surface area contributed by atoms with Crippen molar-refractivity contribution in [3.63, 3.8) is 0 Å². The summed E-state index contributed by atoms with van der Waals surface area (Å²) in [5.41, 5.74) is 6.11. The van der Waals surface area contributed by atoms with E-state index in [4.69, 9.17) is 5.73 Å². The molecule has 2 atom stereocenters. The van der Waals surface area contributed by atoms with E-state index in [1.54, 1.807) is 6.33 Å². The molecular weight excluding hydrogens is 226 g/mol. The number of carbonyl (C=O) groups excluding carboxylic acids is 1. The Balaban J connectivity index is 2.00. The van der Waals surface area contributed by atoms with Crippen LogP contribution in [0.2, 0.25) is 0 Å². The molecule has 4 nitrogen and oxygen atoms in total. The molecule has 2 N–H and O–H groups in total. The first-order valence-corrected chi connectivity index (χ1v) is 7.00. The molecule has 0 amide bonds. The van der Waals surface area contributed by atoms with E-state index in [0.29, 0.717) is 12.2 Å². The van der Waals surface area contributed by atoms with Crippen molar-refractivity contribution in [3.05, 3.63) is 18.2 Å². The molecule has 1 aromatic heterocycles. The molecule has 1 heterocycles. The molecule has 1 saturated carbocycles. The molecule has 2 rings (SSSR count). The molecule has 2 unspecified atom stereocenters. The third kappa shape index (κ3) is 2.99. The molecule has 1 aliphatic rings. The molecule has 1 aliphatic carbocycles. The topological polar surface area (TPSA) is 60.9 Å². The molecule has 100 valence electrons. The van der Waals surface area contributed by atoms with Crippen LogP contribution in [0.4, 0.5) is 0 Å². The number of Topliss-reactive ketones (excluding diaryl/α,β-unsaturated/α-hetero) is 1. The lowest BCUT2D eigenvalue weighted by molar-refractivity contribution is 0.0857. The van der Waals surface area contributed by atoms with Crippen LogP contribution in [-0.4, -0.2) is 21.9 Å². The normalized spacial score (nSPS) is 24.1. The fourth-order valence-electron chi connectivity index (χ4n) is 2.87. The highest BCUT2D eigenvalue weighted by atomic mass is 16.1. The Labute approximate surface area is 109 Å². The second kappa shape index (κ2) is 6.14. The summed E-state index contributed by atoms with van der Waals surface area (Å²) in [4.78, 5) is 16.6. The van der Waals surface area contributed by atoms with Gasteiger partial charge in [-0.15, -0.1) is 0 Å². The van der Waals surface area contributed by atoms with Crippen molar-refractivity contribution in [3.8, 4) is 0 Å². The zero-order valence-corrected chi connectivity index (χ0v) is 11.1. The minimum atomic E-state index is 0.185. The third-order valence-electron chi connectivity index (χ3n) is 4.00. The summed E-state index contributed by atoms with van der Waals surface area (Å²) in [5.74, 6) is 1.13. The zero-order valence-electron chi connectivity index (χ0n) is 11.1. The quantitative estimate of drug-likeness (QED) is 0.814. The molecule has 0 spiro atoms. The van der Waals surface area contributed by atoms with E-state index in [1.807, 2.05) is 10.8 Å². The van der Waals surface area contributed by atoms with Crippen LogP contribution in [0.15, 0.2) is 12.5 Å². The van der Waals surface area contributed by atoms with Gasteiger partial charge in [0.1, 0.15) is 5.69 Å². The Morgan fingerprint density at radius 2 is 2.39 bits per heavy atom. The van der Waals surface area contributed by atoms with Crippen LogP contribution in [0.25, 0.3) is 0 Å². The van der Waals surface area contributed by atoms with Gasteiger partial charge < -0.3 is 10.3 Å². The Bertz CT molecular complexity index is 399. The number of rotatable bonds is 5. The predicted octanol–water partition coefficient (Wildman–Crippen LogP) is 2.24. The van der Waals surface area contributed by atoms with Crippen LogP contribution >= 0.6 is 0 Å². The monoisotopic (exact) mass is 249 g/mol. The van der Waals surface area contributed by atoms with Gasteiger partial charge in [-0.05, 0) is 18.8 Å². The van der Waals surface area contributed by atoms with E-state index in [1.165, 1.54) is 19.3 Å². The Morgan fingerprint density at radius 1 is 1.56 bits per heavy atom. The number of ketones is 1. The summed E-state index contributed by atoms with van der Waals surface area (Å²) in [6, 6.07) is 0. The molecule has 0 saturated heterocycles. The van der Waals surface area contributed by atoms with Crippen LogP contribution in [-0.2, 0) is 6.54 Å². The maximum atomic E-state index is 12.4. The third-order valence-corrected chi connectivity index (χ3v) is 4.00. The van der Waals surface area contributed by atoms with E-state index in [2.05, 4.69) is 11.9 Å². The van der Waals surface area contributed by atoms with Gasteiger partial charge in [0.2, 0.25) is 0 Å². The summed E-state index contributed by atoms with van der Waals surface area (Å²) in [6.45, 7) is 3.52. The van der Waals surface area contributed by atoms with Crippen molar-refractivity contribution < 1.29 is 4.79 Å². The minimum Gasteiger partial charge on any atom is -0.335 e. The number of nitrogens with zero attached hydrogens (tertiary/aromatic N) is 2. The van der Waals surface area contributed by atoms with Gasteiger partial charge in [-0.2, -0.15) is 0 Å². The van der Waals surface area contributed by atoms with Crippen molar-refractivity contribution >= 4 is 5.78 Å². The van der Waals surface area contributed by atoms with Crippen LogP contribution in [0, 0.1) is 11.8 Å². The van der Waals surface area contributed by atoms with Gasteiger partial charge in [-0.25, -0.2) is 4.98 Å². The van der Waals surface area contributed by atoms with Crippen molar-refractivity contribution in [1.29, 1.82) is 0 Å². The van der Waals surface area contributed by atoms with E-state index >= 15 is 0 Å². The number of aromatic nitrogens is 2. The van der Waals surface area contributed by atoms with Crippen LogP contribution in [0.3, 0.4) is 0 Å². The van der Waals surface area contributed by atoms with Gasteiger partial charge in [0.15, 0.2) is 5.78 Å². The Kier molecular flexibility index (Phi) is 4.53. The number of hydrogen-bond donors (Lipinski definition) is 1. The molecule has 0 aromatic carbocycles. The lowest BCUT2D eigenvalue weighted by Gasteiger charge is -2.26. The Hall–Kier alpha value is -1.16. The second-order valence-corrected chi connectivity index (χ2v) is 5.29. The summed E-state index contributed by atoms with van der Waals surface area (Å²) in [5, 5.41) is 0. The molecule has 1 aromatic rings. The summed E-state index contributed by atoms with van der Waals surface area (Å²) in [7, 11) is 0. The highest BCUT2D eigenvalue weighted by molar-refractivity contribution is 5.95. The molecule has 0 aliphatic heterocycles. The molecule has 4 heteroatoms. The average molecular weight is 249 g/mol. The van der Waals surface area contributed by atoms with Gasteiger partial charge >= 0.3 is 0 Å². The van der Waals surface area contributed by atoms with Crippen LogP contribution in [0.5, 0.6) is 0 Å². The highest BCUT2D eigenvalue weighted by Crippen LogP contribution is 2.32. The first kappa shape index (κ1) is 13.3. The number of imidazole rings is 1. The summed E-state index contributed by atoms with van der Waals surface area (Å²) >= 11 is 0. The van der Waals surface area contributed by atoms with Crippen LogP contribution in [0.1, 0.15) is 49.5 Å². The van der Waals surface area contributed by atoms with E-state index < -0.39 is 0 Å². The molecule has 18 heavy (non-hydrogen) atoms. The first-order chi connectivity index (χ1) is 8.74. The number of carbonyl (C=O) groups is 1. The lowest BCUT2D eigenvalue weighted by atomic mass is 9.78. The van der Waals surface area contributed by atoms with Crippen molar-refractivity contribution in [2.24, 2.45) is 17.6 Å². The fourth-order valence-corrected chi connectivity index (χ4v) is 2.87. The summed E-state index contributed by atoms with van der Waals surface area (Å²) in [6.07, 6.45) is 9.26. The standard InChI is InChI=1S/C14H23N3O/c1-2-11-4-3-5-12(8-11)14(18)13-9-17(7-6-15)10-16-13/h9-12H,2-8,15H2,1H3. The van der Waals surface area contributed by atoms with Gasteiger partial charge in [-0.1, -0.05) is 26.2 Å². The van der Waals surface area contributed by atoms with Crippen molar-refractivity contribution in [2.75, 3.05) is 6.54 Å². The average Bonchev–Trinajstić information content (AvgIpc) is 2.87. The first-order valence-electron chi connectivity index (χ1n) is 7.00. The van der Waals surface area contributed by atoms with Crippen molar-refractivity contribution in [1.82, 2.24) is 9.55 Å². The molecule has 1 fully saturated rings. The predicted molar refractivity (Wildman–Crippen MR) is 71.4 cm³/mol. The van der Waals surface area contributed by atoms with E-state index in [-0.39, 0.29) is 11.7 Å². The van der Waals surface area contributed by atoms with E-state index in [0.717, 1.165) is 25.3 Å². The van der Waals surface area contributed by atoms with Gasteiger partial charge in [0, 0.05) is 25.2 Å². The SMILES string of the molecule is CCC1CCCC(C(=O)c2cn(CCN)cn2)C1.